The molecule has 1 aromatic carbocycles. The Morgan fingerprint density at radius 3 is 2.74 bits per heavy atom. The SMILES string of the molecule is COc1cccc([C@@H](CO)C(=O)N2C(=O)OC[C@H]2C(C)(C)C)c1. The van der Waals surface area contributed by atoms with Gasteiger partial charge in [0.15, 0.2) is 0 Å². The molecule has 1 fully saturated rings. The molecular formula is C17H23NO5. The van der Waals surface area contributed by atoms with E-state index in [0.29, 0.717) is 11.3 Å². The number of amides is 2. The fourth-order valence-electron chi connectivity index (χ4n) is 2.65. The summed E-state index contributed by atoms with van der Waals surface area (Å²) >= 11 is 0. The van der Waals surface area contributed by atoms with Gasteiger partial charge in [0.25, 0.3) is 0 Å². The molecule has 1 aromatic rings. The second-order valence-corrected chi connectivity index (χ2v) is 6.68. The Balaban J connectivity index is 2.33. The Bertz CT molecular complexity index is 593. The van der Waals surface area contributed by atoms with E-state index in [0.717, 1.165) is 4.90 Å². The fourth-order valence-corrected chi connectivity index (χ4v) is 2.65. The Morgan fingerprint density at radius 2 is 2.17 bits per heavy atom. The zero-order chi connectivity index (χ0) is 17.2. The van der Waals surface area contributed by atoms with Crippen LogP contribution in [0.3, 0.4) is 0 Å². The van der Waals surface area contributed by atoms with Crippen molar-refractivity contribution >= 4 is 12.0 Å². The van der Waals surface area contributed by atoms with Crippen LogP contribution >= 0.6 is 0 Å². The monoisotopic (exact) mass is 321 g/mol. The molecule has 0 aliphatic carbocycles. The summed E-state index contributed by atoms with van der Waals surface area (Å²) in [7, 11) is 1.53. The van der Waals surface area contributed by atoms with E-state index in [9.17, 15) is 14.7 Å². The van der Waals surface area contributed by atoms with Gasteiger partial charge < -0.3 is 14.6 Å². The number of hydrogen-bond donors (Lipinski definition) is 1. The number of methoxy groups -OCH3 is 1. The van der Waals surface area contributed by atoms with Crippen LogP contribution in [0, 0.1) is 5.41 Å². The number of aliphatic hydroxyl groups excluding tert-OH is 1. The quantitative estimate of drug-likeness (QED) is 0.920. The molecule has 1 aliphatic rings. The number of carbonyl (C=O) groups excluding carboxylic acids is 2. The highest BCUT2D eigenvalue weighted by molar-refractivity contribution is 5.97. The molecule has 2 amide bonds. The van der Waals surface area contributed by atoms with Crippen molar-refractivity contribution in [3.63, 3.8) is 0 Å². The predicted octanol–water partition coefficient (Wildman–Crippen LogP) is 2.16. The molecule has 6 heteroatoms. The van der Waals surface area contributed by atoms with E-state index in [1.54, 1.807) is 24.3 Å². The molecule has 0 spiro atoms. The number of carbonyl (C=O) groups is 2. The fraction of sp³-hybridized carbons (Fsp3) is 0.529. The van der Waals surface area contributed by atoms with Crippen molar-refractivity contribution in [2.45, 2.75) is 32.7 Å². The summed E-state index contributed by atoms with van der Waals surface area (Å²) in [6.07, 6.45) is -0.656. The van der Waals surface area contributed by atoms with Crippen LogP contribution in [0.1, 0.15) is 32.3 Å². The summed E-state index contributed by atoms with van der Waals surface area (Å²) in [6, 6.07) is 6.56. The summed E-state index contributed by atoms with van der Waals surface area (Å²) in [5, 5.41) is 9.71. The molecule has 0 unspecified atom stereocenters. The van der Waals surface area contributed by atoms with Gasteiger partial charge in [0.1, 0.15) is 12.4 Å². The third-order valence-electron chi connectivity index (χ3n) is 4.09. The molecule has 2 atom stereocenters. The highest BCUT2D eigenvalue weighted by Gasteiger charge is 2.46. The molecule has 1 aliphatic heterocycles. The topological polar surface area (TPSA) is 76.1 Å². The molecule has 0 radical (unpaired) electrons. The van der Waals surface area contributed by atoms with Gasteiger partial charge in [0.05, 0.1) is 25.7 Å². The van der Waals surface area contributed by atoms with Crippen molar-refractivity contribution in [2.24, 2.45) is 5.41 Å². The van der Waals surface area contributed by atoms with Crippen molar-refractivity contribution in [1.29, 1.82) is 0 Å². The van der Waals surface area contributed by atoms with Gasteiger partial charge >= 0.3 is 6.09 Å². The first-order valence-electron chi connectivity index (χ1n) is 7.54. The molecule has 0 saturated carbocycles. The third kappa shape index (κ3) is 3.47. The molecule has 23 heavy (non-hydrogen) atoms. The van der Waals surface area contributed by atoms with Crippen LogP contribution < -0.4 is 4.74 Å². The average Bonchev–Trinajstić information content (AvgIpc) is 2.90. The standard InChI is InChI=1S/C17H23NO5/c1-17(2,3)14-10-23-16(21)18(14)15(20)13(9-19)11-6-5-7-12(8-11)22-4/h5-8,13-14,19H,9-10H2,1-4H3/t13-,14+/m1/s1. The van der Waals surface area contributed by atoms with Gasteiger partial charge in [-0.25, -0.2) is 9.69 Å². The molecule has 1 saturated heterocycles. The van der Waals surface area contributed by atoms with E-state index in [4.69, 9.17) is 9.47 Å². The van der Waals surface area contributed by atoms with Gasteiger partial charge in [-0.05, 0) is 23.1 Å². The van der Waals surface area contributed by atoms with Crippen LogP contribution in [-0.4, -0.2) is 48.4 Å². The van der Waals surface area contributed by atoms with Gasteiger partial charge in [-0.3, -0.25) is 4.79 Å². The molecule has 2 rings (SSSR count). The Labute approximate surface area is 136 Å². The van der Waals surface area contributed by atoms with Crippen LogP contribution in [0.15, 0.2) is 24.3 Å². The van der Waals surface area contributed by atoms with Crippen molar-refractivity contribution in [2.75, 3.05) is 20.3 Å². The minimum atomic E-state index is -0.833. The first-order valence-corrected chi connectivity index (χ1v) is 7.54. The summed E-state index contributed by atoms with van der Waals surface area (Å²) in [6.45, 7) is 5.61. The Morgan fingerprint density at radius 1 is 1.48 bits per heavy atom. The summed E-state index contributed by atoms with van der Waals surface area (Å²) in [4.78, 5) is 26.0. The zero-order valence-corrected chi connectivity index (χ0v) is 13.9. The molecule has 0 aromatic heterocycles. The van der Waals surface area contributed by atoms with Gasteiger partial charge in [0, 0.05) is 0 Å². The normalized spacial score (nSPS) is 19.4. The minimum Gasteiger partial charge on any atom is -0.497 e. The predicted molar refractivity (Wildman–Crippen MR) is 84.3 cm³/mol. The number of cyclic esters (lactones) is 1. The lowest BCUT2D eigenvalue weighted by Crippen LogP contribution is -2.48. The molecule has 126 valence electrons. The van der Waals surface area contributed by atoms with E-state index < -0.39 is 24.5 Å². The van der Waals surface area contributed by atoms with Crippen LogP contribution in [0.5, 0.6) is 5.75 Å². The number of imide groups is 1. The average molecular weight is 321 g/mol. The number of aliphatic hydroxyl groups is 1. The summed E-state index contributed by atoms with van der Waals surface area (Å²) in [5.41, 5.74) is 0.292. The first-order chi connectivity index (χ1) is 10.8. The molecule has 1 N–H and O–H groups in total. The molecule has 1 heterocycles. The molecule has 0 bridgehead atoms. The lowest BCUT2D eigenvalue weighted by molar-refractivity contribution is -0.133. The number of hydrogen-bond acceptors (Lipinski definition) is 5. The van der Waals surface area contributed by atoms with Crippen molar-refractivity contribution in [1.82, 2.24) is 4.90 Å². The summed E-state index contributed by atoms with van der Waals surface area (Å²) < 4.78 is 10.2. The van der Waals surface area contributed by atoms with Crippen LogP contribution in [-0.2, 0) is 9.53 Å². The number of ether oxygens (including phenoxy) is 2. The van der Waals surface area contributed by atoms with Crippen LogP contribution in [0.4, 0.5) is 4.79 Å². The van der Waals surface area contributed by atoms with E-state index >= 15 is 0 Å². The van der Waals surface area contributed by atoms with E-state index in [1.165, 1.54) is 7.11 Å². The van der Waals surface area contributed by atoms with Gasteiger partial charge in [-0.1, -0.05) is 32.9 Å². The second-order valence-electron chi connectivity index (χ2n) is 6.68. The minimum absolute atomic E-state index is 0.171. The van der Waals surface area contributed by atoms with Crippen molar-refractivity contribution < 1.29 is 24.2 Å². The lowest BCUT2D eigenvalue weighted by Gasteiger charge is -2.32. The number of benzene rings is 1. The van der Waals surface area contributed by atoms with Gasteiger partial charge in [0.2, 0.25) is 5.91 Å². The maximum absolute atomic E-state index is 12.9. The van der Waals surface area contributed by atoms with E-state index in [1.807, 2.05) is 20.8 Å². The second kappa shape index (κ2) is 6.58. The summed E-state index contributed by atoms with van der Waals surface area (Å²) in [5.74, 6) is -0.700. The van der Waals surface area contributed by atoms with Crippen LogP contribution in [0.25, 0.3) is 0 Å². The largest absolute Gasteiger partial charge is 0.497 e. The first kappa shape index (κ1) is 17.3. The molecular weight excluding hydrogens is 298 g/mol. The van der Waals surface area contributed by atoms with Gasteiger partial charge in [-0.2, -0.15) is 0 Å². The lowest BCUT2D eigenvalue weighted by atomic mass is 9.85. The van der Waals surface area contributed by atoms with Gasteiger partial charge in [-0.15, -0.1) is 0 Å². The number of nitrogens with zero attached hydrogens (tertiary/aromatic N) is 1. The third-order valence-corrected chi connectivity index (χ3v) is 4.09. The zero-order valence-electron chi connectivity index (χ0n) is 13.9. The molecule has 6 nitrogen and oxygen atoms in total. The van der Waals surface area contributed by atoms with Crippen LogP contribution in [0.2, 0.25) is 0 Å². The van der Waals surface area contributed by atoms with E-state index in [2.05, 4.69) is 0 Å². The maximum atomic E-state index is 12.9. The number of rotatable bonds is 4. The Kier molecular flexibility index (Phi) is 4.94. The Hall–Kier alpha value is -2.08. The highest BCUT2D eigenvalue weighted by Crippen LogP contribution is 2.32. The van der Waals surface area contributed by atoms with Crippen molar-refractivity contribution in [3.8, 4) is 5.75 Å². The van der Waals surface area contributed by atoms with Crippen molar-refractivity contribution in [3.05, 3.63) is 29.8 Å². The van der Waals surface area contributed by atoms with E-state index in [-0.39, 0.29) is 18.1 Å². The maximum Gasteiger partial charge on any atom is 0.417 e. The smallest absolute Gasteiger partial charge is 0.417 e. The highest BCUT2D eigenvalue weighted by atomic mass is 16.6.